The third-order valence-corrected chi connectivity index (χ3v) is 7.72. The standard InChI is InChI=1S/C37H50ClN3.3ClH.Nd/c1-7-11-15-29-19-27(5)20-30(16-12-8-2)36(29)39-25-34-23-33(38)24-35(41-34)26-40-37-31(17-13-9-3)21-28(6)22-32(37)18-14-10-4;;;;/h19-26H,7-18H2,1-6H3;3*1H;/q;;;;+3/p-3. The van der Waals surface area contributed by atoms with E-state index in [4.69, 9.17) is 26.6 Å². The van der Waals surface area contributed by atoms with Crippen molar-refractivity contribution in [2.45, 2.75) is 119 Å². The van der Waals surface area contributed by atoms with Gasteiger partial charge in [-0.25, -0.2) is 4.98 Å². The van der Waals surface area contributed by atoms with Gasteiger partial charge >= 0.3 is 40.8 Å². The van der Waals surface area contributed by atoms with Gasteiger partial charge in [-0.1, -0.05) is 100 Å². The normalized spacial score (nSPS) is 10.7. The molecular formula is C37H50Cl4N3Nd. The first-order valence-corrected chi connectivity index (χ1v) is 16.3. The summed E-state index contributed by atoms with van der Waals surface area (Å²) in [5.74, 6) is 0. The number of hydrogen-bond donors (Lipinski definition) is 0. The minimum Gasteiger partial charge on any atom is -1.00 e. The molecular weight excluding hydrogens is 772 g/mol. The molecule has 45 heavy (non-hydrogen) atoms. The van der Waals surface area contributed by atoms with Crippen molar-refractivity contribution in [3.05, 3.63) is 86.2 Å². The molecule has 0 N–H and O–H groups in total. The van der Waals surface area contributed by atoms with Gasteiger partial charge in [0, 0.05) is 5.02 Å². The van der Waals surface area contributed by atoms with E-state index in [9.17, 15) is 0 Å². The van der Waals surface area contributed by atoms with Crippen LogP contribution < -0.4 is 37.2 Å². The number of pyridine rings is 1. The summed E-state index contributed by atoms with van der Waals surface area (Å²) in [6.07, 6.45) is 17.3. The van der Waals surface area contributed by atoms with Crippen LogP contribution in [0.4, 0.5) is 11.4 Å². The number of aryl methyl sites for hydroxylation is 6. The Morgan fingerprint density at radius 2 is 0.844 bits per heavy atom. The van der Waals surface area contributed by atoms with Gasteiger partial charge in [0.2, 0.25) is 0 Å². The fourth-order valence-corrected chi connectivity index (χ4v) is 5.59. The largest absolute Gasteiger partial charge is 3.00 e. The first-order chi connectivity index (χ1) is 19.9. The summed E-state index contributed by atoms with van der Waals surface area (Å²) in [6.45, 7) is 13.4. The average Bonchev–Trinajstić information content (AvgIpc) is 2.95. The van der Waals surface area contributed by atoms with Crippen LogP contribution in [-0.4, -0.2) is 17.4 Å². The summed E-state index contributed by atoms with van der Waals surface area (Å²) < 4.78 is 0. The Bertz CT molecular complexity index is 1190. The van der Waals surface area contributed by atoms with Crippen LogP contribution in [0.2, 0.25) is 5.02 Å². The van der Waals surface area contributed by atoms with Gasteiger partial charge in [0.05, 0.1) is 35.2 Å². The Morgan fingerprint density at radius 3 is 1.11 bits per heavy atom. The van der Waals surface area contributed by atoms with Crippen LogP contribution in [0.1, 0.15) is 124 Å². The van der Waals surface area contributed by atoms with Gasteiger partial charge in [-0.2, -0.15) is 0 Å². The first kappa shape index (κ1) is 46.6. The molecule has 0 unspecified atom stereocenters. The molecule has 0 bridgehead atoms. The topological polar surface area (TPSA) is 37.6 Å². The Labute approximate surface area is 330 Å². The van der Waals surface area contributed by atoms with Crippen molar-refractivity contribution >= 4 is 35.4 Å². The van der Waals surface area contributed by atoms with Crippen molar-refractivity contribution in [1.82, 2.24) is 4.98 Å². The molecule has 0 atom stereocenters. The summed E-state index contributed by atoms with van der Waals surface area (Å²) >= 11 is 6.59. The zero-order valence-electron chi connectivity index (χ0n) is 28.0. The van der Waals surface area contributed by atoms with Gasteiger partial charge in [-0.15, -0.1) is 0 Å². The van der Waals surface area contributed by atoms with Crippen LogP contribution in [0.5, 0.6) is 0 Å². The molecule has 1 heterocycles. The quantitative estimate of drug-likeness (QED) is 0.205. The molecule has 0 aliphatic heterocycles. The van der Waals surface area contributed by atoms with E-state index < -0.39 is 0 Å². The number of aromatic nitrogens is 1. The van der Waals surface area contributed by atoms with Crippen LogP contribution in [0.15, 0.2) is 46.4 Å². The van der Waals surface area contributed by atoms with Crippen LogP contribution in [0.3, 0.4) is 0 Å². The monoisotopic (exact) mass is 818 g/mol. The van der Waals surface area contributed by atoms with E-state index in [2.05, 4.69) is 65.8 Å². The van der Waals surface area contributed by atoms with E-state index in [1.807, 2.05) is 24.6 Å². The summed E-state index contributed by atoms with van der Waals surface area (Å²) in [6, 6.07) is 13.0. The van der Waals surface area contributed by atoms with Gasteiger partial charge < -0.3 is 37.2 Å². The summed E-state index contributed by atoms with van der Waals surface area (Å²) in [5, 5.41) is 0.644. The zero-order valence-corrected chi connectivity index (χ0v) is 34.2. The molecule has 0 aliphatic carbocycles. The molecule has 0 spiro atoms. The summed E-state index contributed by atoms with van der Waals surface area (Å²) in [4.78, 5) is 15.0. The molecule has 1 aromatic heterocycles. The average molecular weight is 823 g/mol. The van der Waals surface area contributed by atoms with E-state index in [1.165, 1.54) is 59.1 Å². The molecule has 8 heteroatoms. The first-order valence-electron chi connectivity index (χ1n) is 15.9. The van der Waals surface area contributed by atoms with Gasteiger partial charge in [-0.05, 0) is 99.6 Å². The minimum absolute atomic E-state index is 0. The van der Waals surface area contributed by atoms with Crippen LogP contribution in [-0.2, 0) is 25.7 Å². The van der Waals surface area contributed by atoms with Crippen molar-refractivity contribution < 1.29 is 78.1 Å². The Morgan fingerprint density at radius 1 is 0.556 bits per heavy atom. The molecule has 0 saturated heterocycles. The van der Waals surface area contributed by atoms with Crippen molar-refractivity contribution in [2.75, 3.05) is 0 Å². The minimum atomic E-state index is 0. The van der Waals surface area contributed by atoms with Gasteiger partial charge in [0.15, 0.2) is 0 Å². The molecule has 0 aliphatic rings. The third kappa shape index (κ3) is 15.5. The maximum Gasteiger partial charge on any atom is 3.00 e. The third-order valence-electron chi connectivity index (χ3n) is 7.50. The van der Waals surface area contributed by atoms with E-state index in [0.717, 1.165) is 74.1 Å². The van der Waals surface area contributed by atoms with E-state index in [1.54, 1.807) is 0 Å². The van der Waals surface area contributed by atoms with E-state index in [0.29, 0.717) is 5.02 Å². The predicted octanol–water partition coefficient (Wildman–Crippen LogP) is 2.24. The Hall–Kier alpha value is -0.559. The molecule has 3 rings (SSSR count). The van der Waals surface area contributed by atoms with Crippen molar-refractivity contribution in [3.63, 3.8) is 0 Å². The van der Waals surface area contributed by atoms with Crippen molar-refractivity contribution in [2.24, 2.45) is 9.98 Å². The second-order valence-corrected chi connectivity index (χ2v) is 11.9. The molecule has 245 valence electrons. The van der Waals surface area contributed by atoms with Crippen LogP contribution >= 0.6 is 11.6 Å². The SMILES string of the molecule is CCCCc1cc(C)cc(CCCC)c1N=Cc1cc(Cl)cc(C=Nc2c(CCCC)cc(C)cc2CCCC)n1.[Cl-].[Cl-].[Cl-].[Nd+3]. The van der Waals surface area contributed by atoms with Crippen LogP contribution in [0, 0.1) is 54.7 Å². The maximum absolute atomic E-state index is 6.59. The van der Waals surface area contributed by atoms with Crippen LogP contribution in [0.25, 0.3) is 0 Å². The van der Waals surface area contributed by atoms with Crippen molar-refractivity contribution in [1.29, 1.82) is 0 Å². The van der Waals surface area contributed by atoms with Crippen molar-refractivity contribution in [3.8, 4) is 0 Å². The maximum atomic E-state index is 6.59. The number of halogens is 4. The Balaban J connectivity index is 0. The fourth-order valence-electron chi connectivity index (χ4n) is 5.36. The van der Waals surface area contributed by atoms with Gasteiger partial charge in [-0.3, -0.25) is 9.98 Å². The number of unbranched alkanes of at least 4 members (excludes halogenated alkanes) is 4. The molecule has 1 radical (unpaired) electrons. The zero-order chi connectivity index (χ0) is 29.6. The van der Waals surface area contributed by atoms with Gasteiger partial charge in [0.25, 0.3) is 0 Å². The molecule has 0 amide bonds. The number of rotatable bonds is 16. The smallest absolute Gasteiger partial charge is 1.00 e. The molecule has 0 fully saturated rings. The van der Waals surface area contributed by atoms with E-state index >= 15 is 0 Å². The predicted molar refractivity (Wildman–Crippen MR) is 181 cm³/mol. The fraction of sp³-hybridized carbons (Fsp3) is 0.486. The van der Waals surface area contributed by atoms with Gasteiger partial charge in [0.1, 0.15) is 0 Å². The molecule has 3 nitrogen and oxygen atoms in total. The molecule has 2 aromatic carbocycles. The summed E-state index contributed by atoms with van der Waals surface area (Å²) in [7, 11) is 0. The molecule has 0 saturated carbocycles. The number of hydrogen-bond acceptors (Lipinski definition) is 3. The number of nitrogens with zero attached hydrogens (tertiary/aromatic N) is 3. The number of aliphatic imine (C=N–C) groups is 2. The number of benzene rings is 2. The molecule has 3 aromatic rings. The second kappa shape index (κ2) is 25.5. The van der Waals surface area contributed by atoms with E-state index in [-0.39, 0.29) is 78.1 Å². The summed E-state index contributed by atoms with van der Waals surface area (Å²) in [5.41, 5.74) is 11.7. The Kier molecular flexibility index (Phi) is 26.3. The second-order valence-electron chi connectivity index (χ2n) is 11.4.